The van der Waals surface area contributed by atoms with Crippen molar-refractivity contribution in [3.05, 3.63) is 46.0 Å². The molecule has 1 aromatic rings. The Labute approximate surface area is 119 Å². The van der Waals surface area contributed by atoms with Crippen LogP contribution in [0.1, 0.15) is 24.8 Å². The van der Waals surface area contributed by atoms with Crippen molar-refractivity contribution in [1.29, 1.82) is 0 Å². The largest absolute Gasteiger partial charge is 0.316 e. The minimum atomic E-state index is 0.700. The summed E-state index contributed by atoms with van der Waals surface area (Å²) in [7, 11) is 0. The summed E-state index contributed by atoms with van der Waals surface area (Å²) in [5, 5.41) is 4.99. The van der Waals surface area contributed by atoms with E-state index in [0.29, 0.717) is 5.02 Å². The quantitative estimate of drug-likeness (QED) is 0.621. The number of hydrogen-bond acceptors (Lipinski definition) is 1. The third-order valence-electron chi connectivity index (χ3n) is 3.40. The summed E-state index contributed by atoms with van der Waals surface area (Å²) in [6.45, 7) is 2.08. The lowest BCUT2D eigenvalue weighted by molar-refractivity contribution is 0.442. The highest BCUT2D eigenvalue weighted by Crippen LogP contribution is 2.21. The van der Waals surface area contributed by atoms with Crippen LogP contribution >= 0.6 is 23.2 Å². The molecule has 3 heteroatoms. The van der Waals surface area contributed by atoms with E-state index in [1.54, 1.807) is 0 Å². The summed E-state index contributed by atoms with van der Waals surface area (Å²) in [6.07, 6.45) is 9.30. The van der Waals surface area contributed by atoms with E-state index in [-0.39, 0.29) is 0 Å². The molecule has 1 aliphatic rings. The summed E-state index contributed by atoms with van der Waals surface area (Å²) in [5.41, 5.74) is 1.16. The first-order valence-corrected chi connectivity index (χ1v) is 7.31. The van der Waals surface area contributed by atoms with Crippen LogP contribution in [0.3, 0.4) is 0 Å². The van der Waals surface area contributed by atoms with Crippen LogP contribution in [0.15, 0.2) is 30.4 Å². The normalized spacial score (nSPS) is 19.1. The molecule has 0 aromatic heterocycles. The van der Waals surface area contributed by atoms with Crippen LogP contribution in [-0.2, 0) is 6.42 Å². The summed E-state index contributed by atoms with van der Waals surface area (Å²) >= 11 is 12.0. The van der Waals surface area contributed by atoms with Crippen molar-refractivity contribution in [3.63, 3.8) is 0 Å². The lowest BCUT2D eigenvalue weighted by Gasteiger charge is -2.18. The van der Waals surface area contributed by atoms with E-state index in [2.05, 4.69) is 17.5 Å². The maximum atomic E-state index is 6.14. The zero-order valence-electron chi connectivity index (χ0n) is 10.5. The lowest BCUT2D eigenvalue weighted by atomic mass is 9.94. The van der Waals surface area contributed by atoms with Gasteiger partial charge in [-0.1, -0.05) is 41.4 Å². The van der Waals surface area contributed by atoms with Crippen molar-refractivity contribution in [2.75, 3.05) is 13.1 Å². The van der Waals surface area contributed by atoms with E-state index in [0.717, 1.165) is 36.0 Å². The molecule has 0 fully saturated rings. The van der Waals surface area contributed by atoms with Crippen molar-refractivity contribution in [2.24, 2.45) is 5.92 Å². The van der Waals surface area contributed by atoms with Gasteiger partial charge in [-0.2, -0.15) is 0 Å². The van der Waals surface area contributed by atoms with Crippen LogP contribution in [0.25, 0.3) is 0 Å². The molecule has 0 saturated carbocycles. The molecule has 0 spiro atoms. The molecule has 0 heterocycles. The number of rotatable bonds is 5. The van der Waals surface area contributed by atoms with Crippen molar-refractivity contribution < 1.29 is 0 Å². The third-order valence-corrected chi connectivity index (χ3v) is 3.98. The van der Waals surface area contributed by atoms with E-state index < -0.39 is 0 Å². The zero-order valence-corrected chi connectivity index (χ0v) is 12.0. The van der Waals surface area contributed by atoms with E-state index >= 15 is 0 Å². The third kappa shape index (κ3) is 4.31. The van der Waals surface area contributed by atoms with Gasteiger partial charge in [-0.15, -0.1) is 0 Å². The number of benzene rings is 1. The molecule has 1 atom stereocenters. The molecule has 0 saturated heterocycles. The second-order valence-corrected chi connectivity index (χ2v) is 5.68. The standard InChI is InChI=1S/C15H19Cl2N/c16-14-7-6-13(15(17)10-14)8-9-18-11-12-4-2-1-3-5-12/h1-2,6-7,10,12,18H,3-5,8-9,11H2. The van der Waals surface area contributed by atoms with Gasteiger partial charge < -0.3 is 5.32 Å². The van der Waals surface area contributed by atoms with Gasteiger partial charge in [-0.05, 0) is 62.4 Å². The fourth-order valence-corrected chi connectivity index (χ4v) is 2.80. The molecular weight excluding hydrogens is 265 g/mol. The van der Waals surface area contributed by atoms with Crippen LogP contribution in [0, 0.1) is 5.92 Å². The first-order chi connectivity index (χ1) is 8.75. The molecule has 0 bridgehead atoms. The Bertz CT molecular complexity index is 415. The Morgan fingerprint density at radius 1 is 1.22 bits per heavy atom. The number of halogens is 2. The maximum absolute atomic E-state index is 6.14. The first-order valence-electron chi connectivity index (χ1n) is 6.55. The fraction of sp³-hybridized carbons (Fsp3) is 0.467. The monoisotopic (exact) mass is 283 g/mol. The van der Waals surface area contributed by atoms with Crippen LogP contribution in [0.4, 0.5) is 0 Å². The lowest BCUT2D eigenvalue weighted by Crippen LogP contribution is -2.25. The molecule has 0 amide bonds. The zero-order chi connectivity index (χ0) is 12.8. The van der Waals surface area contributed by atoms with Crippen LogP contribution in [0.2, 0.25) is 10.0 Å². The van der Waals surface area contributed by atoms with Crippen molar-refractivity contribution in [2.45, 2.75) is 25.7 Å². The van der Waals surface area contributed by atoms with Gasteiger partial charge in [0.15, 0.2) is 0 Å². The molecule has 0 radical (unpaired) electrons. The van der Waals surface area contributed by atoms with Crippen LogP contribution in [-0.4, -0.2) is 13.1 Å². The Morgan fingerprint density at radius 2 is 2.11 bits per heavy atom. The Kier molecular flexibility index (Phi) is 5.55. The second-order valence-electron chi connectivity index (χ2n) is 4.84. The van der Waals surface area contributed by atoms with E-state index in [1.807, 2.05) is 18.2 Å². The molecule has 2 rings (SSSR count). The molecule has 98 valence electrons. The SMILES string of the molecule is Clc1ccc(CCNCC2CC=CCC2)c(Cl)c1. The number of nitrogens with one attached hydrogen (secondary N) is 1. The Hall–Kier alpha value is -0.500. The van der Waals surface area contributed by atoms with E-state index in [4.69, 9.17) is 23.2 Å². The molecule has 0 aliphatic heterocycles. The molecule has 1 aromatic carbocycles. The average Bonchev–Trinajstić information content (AvgIpc) is 2.38. The molecule has 1 aliphatic carbocycles. The van der Waals surface area contributed by atoms with Crippen LogP contribution < -0.4 is 5.32 Å². The molecule has 1 unspecified atom stereocenters. The first kappa shape index (κ1) is 13.9. The molecule has 1 N–H and O–H groups in total. The minimum Gasteiger partial charge on any atom is -0.316 e. The Morgan fingerprint density at radius 3 is 2.83 bits per heavy atom. The number of hydrogen-bond donors (Lipinski definition) is 1. The smallest absolute Gasteiger partial charge is 0.0453 e. The van der Waals surface area contributed by atoms with Gasteiger partial charge in [-0.3, -0.25) is 0 Å². The molecule has 1 nitrogen and oxygen atoms in total. The highest BCUT2D eigenvalue weighted by molar-refractivity contribution is 6.35. The van der Waals surface area contributed by atoms with Crippen LogP contribution in [0.5, 0.6) is 0 Å². The fourth-order valence-electron chi connectivity index (χ4n) is 2.30. The summed E-state index contributed by atoms with van der Waals surface area (Å²) in [5.74, 6) is 0.802. The highest BCUT2D eigenvalue weighted by Gasteiger charge is 2.09. The average molecular weight is 284 g/mol. The van der Waals surface area contributed by atoms with Crippen molar-refractivity contribution in [1.82, 2.24) is 5.32 Å². The van der Waals surface area contributed by atoms with E-state index in [1.165, 1.54) is 19.3 Å². The predicted octanol–water partition coefficient (Wildman–Crippen LogP) is 4.48. The maximum Gasteiger partial charge on any atom is 0.0453 e. The van der Waals surface area contributed by atoms with Gasteiger partial charge >= 0.3 is 0 Å². The van der Waals surface area contributed by atoms with Gasteiger partial charge in [0.05, 0.1) is 0 Å². The summed E-state index contributed by atoms with van der Waals surface area (Å²) in [6, 6.07) is 5.72. The van der Waals surface area contributed by atoms with Gasteiger partial charge in [-0.25, -0.2) is 0 Å². The minimum absolute atomic E-state index is 0.700. The molecular formula is C15H19Cl2N. The molecule has 18 heavy (non-hydrogen) atoms. The summed E-state index contributed by atoms with van der Waals surface area (Å²) in [4.78, 5) is 0. The van der Waals surface area contributed by atoms with Crippen molar-refractivity contribution in [3.8, 4) is 0 Å². The van der Waals surface area contributed by atoms with E-state index in [9.17, 15) is 0 Å². The van der Waals surface area contributed by atoms with Crippen molar-refractivity contribution >= 4 is 23.2 Å². The number of allylic oxidation sites excluding steroid dienone is 2. The van der Waals surface area contributed by atoms with Gasteiger partial charge in [0.2, 0.25) is 0 Å². The second kappa shape index (κ2) is 7.18. The van der Waals surface area contributed by atoms with Gasteiger partial charge in [0.25, 0.3) is 0 Å². The topological polar surface area (TPSA) is 12.0 Å². The van der Waals surface area contributed by atoms with Gasteiger partial charge in [0, 0.05) is 10.0 Å². The predicted molar refractivity (Wildman–Crippen MR) is 79.5 cm³/mol. The summed E-state index contributed by atoms with van der Waals surface area (Å²) < 4.78 is 0. The Balaban J connectivity index is 1.70. The van der Waals surface area contributed by atoms with Gasteiger partial charge in [0.1, 0.15) is 0 Å². The highest BCUT2D eigenvalue weighted by atomic mass is 35.5.